The zero-order valence-corrected chi connectivity index (χ0v) is 11.0. The Labute approximate surface area is 107 Å². The van der Waals surface area contributed by atoms with Gasteiger partial charge >= 0.3 is 6.03 Å². The van der Waals surface area contributed by atoms with E-state index in [0.717, 1.165) is 5.56 Å². The number of hydrogen-bond donors (Lipinski definition) is 0. The Balaban J connectivity index is 2.54. The number of rotatable bonds is 3. The van der Waals surface area contributed by atoms with Crippen LogP contribution in [0.4, 0.5) is 4.79 Å². The lowest BCUT2D eigenvalue weighted by atomic mass is 9.90. The van der Waals surface area contributed by atoms with Gasteiger partial charge in [0.05, 0.1) is 0 Å². The maximum Gasteiger partial charge on any atom is 0.327 e. The van der Waals surface area contributed by atoms with Gasteiger partial charge in [-0.05, 0) is 26.3 Å². The molecule has 2 rings (SSSR count). The second-order valence-electron chi connectivity index (χ2n) is 4.51. The maximum absolute atomic E-state index is 12.5. The minimum absolute atomic E-state index is 0.136. The highest BCUT2D eigenvalue weighted by Gasteiger charge is 2.53. The molecule has 0 radical (unpaired) electrons. The van der Waals surface area contributed by atoms with E-state index in [1.165, 1.54) is 4.90 Å². The molecule has 1 aliphatic heterocycles. The van der Waals surface area contributed by atoms with Gasteiger partial charge in [-0.1, -0.05) is 30.3 Å². The molecule has 3 amide bonds. The summed E-state index contributed by atoms with van der Waals surface area (Å²) in [6.07, 6.45) is 0. The molecule has 1 aromatic rings. The normalized spacial score (nSPS) is 23.9. The molecule has 1 heterocycles. The Morgan fingerprint density at radius 3 is 2.17 bits per heavy atom. The Hall–Kier alpha value is -1.84. The lowest BCUT2D eigenvalue weighted by Gasteiger charge is -2.31. The van der Waals surface area contributed by atoms with E-state index in [4.69, 9.17) is 0 Å². The summed E-state index contributed by atoms with van der Waals surface area (Å²) >= 11 is 0. The van der Waals surface area contributed by atoms with Gasteiger partial charge in [-0.25, -0.2) is 4.79 Å². The van der Waals surface area contributed by atoms with Crippen LogP contribution in [0.15, 0.2) is 30.3 Å². The molecule has 1 aromatic carbocycles. The van der Waals surface area contributed by atoms with Crippen LogP contribution in [0.5, 0.6) is 0 Å². The topological polar surface area (TPSA) is 40.6 Å². The molecule has 0 spiro atoms. The molecule has 1 saturated heterocycles. The molecule has 0 N–H and O–H groups in total. The van der Waals surface area contributed by atoms with Gasteiger partial charge in [0, 0.05) is 13.1 Å². The first-order chi connectivity index (χ1) is 8.57. The summed E-state index contributed by atoms with van der Waals surface area (Å²) in [4.78, 5) is 27.6. The molecule has 96 valence electrons. The molecule has 0 aromatic heterocycles. The number of imide groups is 1. The molecule has 18 heavy (non-hydrogen) atoms. The highest BCUT2D eigenvalue weighted by molar-refractivity contribution is 6.07. The molecule has 4 heteroatoms. The van der Waals surface area contributed by atoms with Crippen molar-refractivity contribution in [3.8, 4) is 0 Å². The first kappa shape index (κ1) is 12.6. The van der Waals surface area contributed by atoms with Crippen molar-refractivity contribution in [2.45, 2.75) is 26.3 Å². The quantitative estimate of drug-likeness (QED) is 0.767. The zero-order chi connectivity index (χ0) is 13.3. The van der Waals surface area contributed by atoms with Crippen LogP contribution in [0, 0.1) is 0 Å². The molecular formula is C14H18N2O2. The van der Waals surface area contributed by atoms with Crippen molar-refractivity contribution in [2.75, 3.05) is 13.1 Å². The van der Waals surface area contributed by atoms with Crippen molar-refractivity contribution >= 4 is 11.9 Å². The van der Waals surface area contributed by atoms with Crippen LogP contribution in [0.25, 0.3) is 0 Å². The smallest absolute Gasteiger partial charge is 0.306 e. The van der Waals surface area contributed by atoms with Gasteiger partial charge in [-0.3, -0.25) is 9.69 Å². The number of amides is 3. The molecule has 1 atom stereocenters. The summed E-state index contributed by atoms with van der Waals surface area (Å²) in [5.74, 6) is -0.136. The van der Waals surface area contributed by atoms with Gasteiger partial charge in [0.1, 0.15) is 5.54 Å². The molecule has 4 nitrogen and oxygen atoms in total. The monoisotopic (exact) mass is 246 g/mol. The van der Waals surface area contributed by atoms with Gasteiger partial charge in [0.2, 0.25) is 0 Å². The summed E-state index contributed by atoms with van der Waals surface area (Å²) in [5, 5.41) is 0. The second kappa shape index (κ2) is 4.44. The van der Waals surface area contributed by atoms with Crippen LogP contribution in [0.1, 0.15) is 26.3 Å². The molecule has 0 bridgehead atoms. The first-order valence-corrected chi connectivity index (χ1v) is 6.26. The fourth-order valence-electron chi connectivity index (χ4n) is 2.57. The van der Waals surface area contributed by atoms with E-state index in [9.17, 15) is 9.59 Å². The van der Waals surface area contributed by atoms with Gasteiger partial charge in [0.15, 0.2) is 0 Å². The summed E-state index contributed by atoms with van der Waals surface area (Å²) in [7, 11) is 0. The maximum atomic E-state index is 12.5. The Morgan fingerprint density at radius 2 is 1.67 bits per heavy atom. The van der Waals surface area contributed by atoms with E-state index in [2.05, 4.69) is 0 Å². The SMILES string of the molecule is CCN1C(=O)N(CC)C(C)(c2ccccc2)C1=O. The van der Waals surface area contributed by atoms with Gasteiger partial charge in [0.25, 0.3) is 5.91 Å². The van der Waals surface area contributed by atoms with E-state index in [0.29, 0.717) is 13.1 Å². The minimum atomic E-state index is -0.872. The third-order valence-corrected chi connectivity index (χ3v) is 3.63. The predicted octanol–water partition coefficient (Wildman–Crippen LogP) is 2.21. The van der Waals surface area contributed by atoms with Crippen LogP contribution in [0.3, 0.4) is 0 Å². The van der Waals surface area contributed by atoms with E-state index in [1.54, 1.807) is 4.90 Å². The Kier molecular flexibility index (Phi) is 3.11. The lowest BCUT2D eigenvalue weighted by molar-refractivity contribution is -0.132. The van der Waals surface area contributed by atoms with Crippen molar-refractivity contribution in [2.24, 2.45) is 0 Å². The van der Waals surface area contributed by atoms with Gasteiger partial charge < -0.3 is 4.90 Å². The summed E-state index contributed by atoms with van der Waals surface area (Å²) in [6, 6.07) is 9.28. The van der Waals surface area contributed by atoms with Crippen LogP contribution >= 0.6 is 0 Å². The fourth-order valence-corrected chi connectivity index (χ4v) is 2.57. The molecule has 0 saturated carbocycles. The number of carbonyl (C=O) groups is 2. The summed E-state index contributed by atoms with van der Waals surface area (Å²) < 4.78 is 0. The standard InChI is InChI=1S/C14H18N2O2/c1-4-15-12(17)14(3,16(5-2)13(15)18)11-9-7-6-8-10-11/h6-10H,4-5H2,1-3H3. The predicted molar refractivity (Wildman–Crippen MR) is 69.0 cm³/mol. The number of carbonyl (C=O) groups excluding carboxylic acids is 2. The van der Waals surface area contributed by atoms with Crippen molar-refractivity contribution in [1.29, 1.82) is 0 Å². The van der Waals surface area contributed by atoms with Crippen LogP contribution in [-0.2, 0) is 10.3 Å². The van der Waals surface area contributed by atoms with Crippen molar-refractivity contribution in [3.05, 3.63) is 35.9 Å². The molecule has 1 unspecified atom stereocenters. The van der Waals surface area contributed by atoms with Gasteiger partial charge in [-0.15, -0.1) is 0 Å². The van der Waals surface area contributed by atoms with Crippen molar-refractivity contribution in [3.63, 3.8) is 0 Å². The number of hydrogen-bond acceptors (Lipinski definition) is 2. The van der Waals surface area contributed by atoms with Crippen LogP contribution in [-0.4, -0.2) is 34.8 Å². The number of urea groups is 1. The molecular weight excluding hydrogens is 228 g/mol. The third kappa shape index (κ3) is 1.52. The van der Waals surface area contributed by atoms with Gasteiger partial charge in [-0.2, -0.15) is 0 Å². The molecule has 1 fully saturated rings. The number of likely N-dealkylation sites (N-methyl/N-ethyl adjacent to an activating group) is 2. The minimum Gasteiger partial charge on any atom is -0.306 e. The number of nitrogens with zero attached hydrogens (tertiary/aromatic N) is 2. The zero-order valence-electron chi connectivity index (χ0n) is 11.0. The number of benzene rings is 1. The lowest BCUT2D eigenvalue weighted by Crippen LogP contribution is -2.44. The summed E-state index contributed by atoms with van der Waals surface area (Å²) in [6.45, 7) is 6.47. The van der Waals surface area contributed by atoms with Crippen LogP contribution in [0.2, 0.25) is 0 Å². The summed E-state index contributed by atoms with van der Waals surface area (Å²) in [5.41, 5.74) is -0.00975. The second-order valence-corrected chi connectivity index (χ2v) is 4.51. The van der Waals surface area contributed by atoms with E-state index in [-0.39, 0.29) is 11.9 Å². The average molecular weight is 246 g/mol. The van der Waals surface area contributed by atoms with E-state index >= 15 is 0 Å². The molecule has 1 aliphatic rings. The van der Waals surface area contributed by atoms with E-state index < -0.39 is 5.54 Å². The largest absolute Gasteiger partial charge is 0.327 e. The molecule has 0 aliphatic carbocycles. The van der Waals surface area contributed by atoms with E-state index in [1.807, 2.05) is 51.1 Å². The highest BCUT2D eigenvalue weighted by atomic mass is 16.2. The average Bonchev–Trinajstić information content (AvgIpc) is 2.59. The third-order valence-electron chi connectivity index (χ3n) is 3.63. The van der Waals surface area contributed by atoms with Crippen LogP contribution < -0.4 is 0 Å². The van der Waals surface area contributed by atoms with Crippen molar-refractivity contribution in [1.82, 2.24) is 9.80 Å². The highest BCUT2D eigenvalue weighted by Crippen LogP contribution is 2.36. The fraction of sp³-hybridized carbons (Fsp3) is 0.429. The Bertz CT molecular complexity index is 472. The Morgan fingerprint density at radius 1 is 1.06 bits per heavy atom. The first-order valence-electron chi connectivity index (χ1n) is 6.26. The van der Waals surface area contributed by atoms with Crippen molar-refractivity contribution < 1.29 is 9.59 Å².